The fourth-order valence-corrected chi connectivity index (χ4v) is 2.23. The zero-order valence-corrected chi connectivity index (χ0v) is 13.2. The van der Waals surface area contributed by atoms with Crippen LogP contribution < -0.4 is 10.5 Å². The second-order valence-corrected chi connectivity index (χ2v) is 5.72. The minimum atomic E-state index is 0.243. The zero-order chi connectivity index (χ0) is 15.2. The first-order valence-corrected chi connectivity index (χ1v) is 7.62. The summed E-state index contributed by atoms with van der Waals surface area (Å²) in [6.45, 7) is 6.98. The van der Waals surface area contributed by atoms with Crippen LogP contribution in [-0.2, 0) is 13.0 Å². The molecule has 0 saturated heterocycles. The van der Waals surface area contributed by atoms with E-state index in [1.165, 1.54) is 22.3 Å². The minimum absolute atomic E-state index is 0.243. The van der Waals surface area contributed by atoms with Gasteiger partial charge in [0, 0.05) is 6.04 Å². The van der Waals surface area contributed by atoms with Crippen LogP contribution >= 0.6 is 0 Å². The lowest BCUT2D eigenvalue weighted by atomic mass is 10.0. The molecule has 2 N–H and O–H groups in total. The molecule has 2 heteroatoms. The average molecular weight is 283 g/mol. The van der Waals surface area contributed by atoms with Gasteiger partial charge in [0.25, 0.3) is 0 Å². The van der Waals surface area contributed by atoms with Crippen molar-refractivity contribution in [1.29, 1.82) is 0 Å². The Balaban J connectivity index is 1.92. The first-order chi connectivity index (χ1) is 10.1. The van der Waals surface area contributed by atoms with Crippen molar-refractivity contribution in [2.45, 2.75) is 46.3 Å². The standard InChI is InChI=1S/C19H25NO/c1-4-18(20)12-16-7-9-19(10-8-16)21-13-17-6-5-14(2)15(3)11-17/h5-11,18H,4,12-13,20H2,1-3H3. The van der Waals surface area contributed by atoms with Crippen LogP contribution in [0.3, 0.4) is 0 Å². The molecule has 2 rings (SSSR count). The quantitative estimate of drug-likeness (QED) is 0.864. The minimum Gasteiger partial charge on any atom is -0.489 e. The maximum Gasteiger partial charge on any atom is 0.119 e. The summed E-state index contributed by atoms with van der Waals surface area (Å²) >= 11 is 0. The summed E-state index contributed by atoms with van der Waals surface area (Å²) in [5.74, 6) is 0.905. The zero-order valence-electron chi connectivity index (χ0n) is 13.2. The molecule has 1 unspecified atom stereocenters. The predicted molar refractivity (Wildman–Crippen MR) is 88.7 cm³/mol. The molecule has 2 aromatic rings. The topological polar surface area (TPSA) is 35.2 Å². The number of benzene rings is 2. The fraction of sp³-hybridized carbons (Fsp3) is 0.368. The lowest BCUT2D eigenvalue weighted by Gasteiger charge is -2.11. The van der Waals surface area contributed by atoms with Crippen LogP contribution in [0.2, 0.25) is 0 Å². The molecule has 0 aliphatic rings. The highest BCUT2D eigenvalue weighted by Gasteiger charge is 2.02. The van der Waals surface area contributed by atoms with Gasteiger partial charge in [-0.2, -0.15) is 0 Å². The number of rotatable bonds is 6. The molecule has 0 fully saturated rings. The second kappa shape index (κ2) is 7.28. The van der Waals surface area contributed by atoms with Gasteiger partial charge in [0.15, 0.2) is 0 Å². The van der Waals surface area contributed by atoms with Gasteiger partial charge < -0.3 is 10.5 Å². The van der Waals surface area contributed by atoms with Gasteiger partial charge in [-0.1, -0.05) is 37.3 Å². The molecular weight excluding hydrogens is 258 g/mol. The Morgan fingerprint density at radius 1 is 0.952 bits per heavy atom. The summed E-state index contributed by atoms with van der Waals surface area (Å²) in [5.41, 5.74) is 11.1. The average Bonchev–Trinajstić information content (AvgIpc) is 2.50. The summed E-state index contributed by atoms with van der Waals surface area (Å²) in [6, 6.07) is 14.9. The summed E-state index contributed by atoms with van der Waals surface area (Å²) in [5, 5.41) is 0. The van der Waals surface area contributed by atoms with E-state index in [1.54, 1.807) is 0 Å². The van der Waals surface area contributed by atoms with E-state index in [4.69, 9.17) is 10.5 Å². The second-order valence-electron chi connectivity index (χ2n) is 5.72. The highest BCUT2D eigenvalue weighted by atomic mass is 16.5. The van der Waals surface area contributed by atoms with Gasteiger partial charge in [0.2, 0.25) is 0 Å². The lowest BCUT2D eigenvalue weighted by Crippen LogP contribution is -2.21. The summed E-state index contributed by atoms with van der Waals surface area (Å²) in [4.78, 5) is 0. The van der Waals surface area contributed by atoms with E-state index in [1.807, 2.05) is 12.1 Å². The van der Waals surface area contributed by atoms with E-state index in [0.717, 1.165) is 18.6 Å². The molecule has 2 nitrogen and oxygen atoms in total. The Morgan fingerprint density at radius 3 is 2.24 bits per heavy atom. The van der Waals surface area contributed by atoms with Crippen LogP contribution in [0.25, 0.3) is 0 Å². The molecule has 0 aromatic heterocycles. The molecule has 0 bridgehead atoms. The van der Waals surface area contributed by atoms with Crippen molar-refractivity contribution in [3.8, 4) is 5.75 Å². The number of hydrogen-bond acceptors (Lipinski definition) is 2. The maximum atomic E-state index is 5.97. The van der Waals surface area contributed by atoms with Crippen LogP contribution in [0.5, 0.6) is 5.75 Å². The maximum absolute atomic E-state index is 5.97. The van der Waals surface area contributed by atoms with Crippen LogP contribution in [0.1, 0.15) is 35.6 Å². The van der Waals surface area contributed by atoms with Crippen molar-refractivity contribution < 1.29 is 4.74 Å². The van der Waals surface area contributed by atoms with Crippen LogP contribution in [0.15, 0.2) is 42.5 Å². The van der Waals surface area contributed by atoms with Gasteiger partial charge in [-0.05, 0) is 61.1 Å². The first-order valence-electron chi connectivity index (χ1n) is 7.62. The molecule has 0 heterocycles. The van der Waals surface area contributed by atoms with Crippen LogP contribution in [0, 0.1) is 13.8 Å². The predicted octanol–water partition coefficient (Wildman–Crippen LogP) is 4.16. The summed E-state index contributed by atoms with van der Waals surface area (Å²) < 4.78 is 5.84. The Morgan fingerprint density at radius 2 is 1.62 bits per heavy atom. The molecule has 0 radical (unpaired) electrons. The van der Waals surface area contributed by atoms with E-state index >= 15 is 0 Å². The van der Waals surface area contributed by atoms with Crippen molar-refractivity contribution >= 4 is 0 Å². The molecular formula is C19H25NO. The third-order valence-corrected chi connectivity index (χ3v) is 3.92. The lowest BCUT2D eigenvalue weighted by molar-refractivity contribution is 0.306. The molecule has 21 heavy (non-hydrogen) atoms. The van der Waals surface area contributed by atoms with Gasteiger partial charge in [-0.25, -0.2) is 0 Å². The van der Waals surface area contributed by atoms with E-state index in [2.05, 4.69) is 51.1 Å². The molecule has 0 saturated carbocycles. The Bertz CT molecular complexity index is 575. The molecule has 1 atom stereocenters. The molecule has 0 aliphatic carbocycles. The summed E-state index contributed by atoms with van der Waals surface area (Å²) in [7, 11) is 0. The summed E-state index contributed by atoms with van der Waals surface area (Å²) in [6.07, 6.45) is 1.93. The van der Waals surface area contributed by atoms with Crippen LogP contribution in [-0.4, -0.2) is 6.04 Å². The third kappa shape index (κ3) is 4.61. The Kier molecular flexibility index (Phi) is 5.40. The van der Waals surface area contributed by atoms with Gasteiger partial charge >= 0.3 is 0 Å². The van der Waals surface area contributed by atoms with E-state index in [-0.39, 0.29) is 6.04 Å². The smallest absolute Gasteiger partial charge is 0.119 e. The molecule has 112 valence electrons. The number of hydrogen-bond donors (Lipinski definition) is 1. The molecule has 0 spiro atoms. The van der Waals surface area contributed by atoms with Gasteiger partial charge in [0.05, 0.1) is 0 Å². The van der Waals surface area contributed by atoms with E-state index < -0.39 is 0 Å². The third-order valence-electron chi connectivity index (χ3n) is 3.92. The van der Waals surface area contributed by atoms with Crippen molar-refractivity contribution in [2.75, 3.05) is 0 Å². The highest BCUT2D eigenvalue weighted by molar-refractivity contribution is 5.31. The highest BCUT2D eigenvalue weighted by Crippen LogP contribution is 2.16. The molecule has 0 amide bonds. The molecule has 0 aliphatic heterocycles. The van der Waals surface area contributed by atoms with Crippen molar-refractivity contribution in [3.05, 3.63) is 64.7 Å². The monoisotopic (exact) mass is 283 g/mol. The van der Waals surface area contributed by atoms with Gasteiger partial charge in [0.1, 0.15) is 12.4 Å². The van der Waals surface area contributed by atoms with Crippen molar-refractivity contribution in [3.63, 3.8) is 0 Å². The molecule has 2 aromatic carbocycles. The Labute approximate surface area is 127 Å². The normalized spacial score (nSPS) is 12.2. The first kappa shape index (κ1) is 15.6. The number of aryl methyl sites for hydroxylation is 2. The SMILES string of the molecule is CCC(N)Cc1ccc(OCc2ccc(C)c(C)c2)cc1. The van der Waals surface area contributed by atoms with Gasteiger partial charge in [-0.3, -0.25) is 0 Å². The number of nitrogens with two attached hydrogens (primary N) is 1. The van der Waals surface area contributed by atoms with Crippen molar-refractivity contribution in [2.24, 2.45) is 5.73 Å². The van der Waals surface area contributed by atoms with Gasteiger partial charge in [-0.15, -0.1) is 0 Å². The van der Waals surface area contributed by atoms with E-state index in [9.17, 15) is 0 Å². The Hall–Kier alpha value is -1.80. The van der Waals surface area contributed by atoms with Crippen LogP contribution in [0.4, 0.5) is 0 Å². The fourth-order valence-electron chi connectivity index (χ4n) is 2.23. The van der Waals surface area contributed by atoms with E-state index in [0.29, 0.717) is 6.61 Å². The largest absolute Gasteiger partial charge is 0.489 e. The van der Waals surface area contributed by atoms with Crippen molar-refractivity contribution in [1.82, 2.24) is 0 Å². The number of ether oxygens (including phenoxy) is 1.